The van der Waals surface area contributed by atoms with Crippen molar-refractivity contribution < 1.29 is 5.11 Å². The van der Waals surface area contributed by atoms with Gasteiger partial charge in [-0.2, -0.15) is 5.10 Å². The van der Waals surface area contributed by atoms with Gasteiger partial charge in [-0.05, 0) is 24.3 Å². The van der Waals surface area contributed by atoms with Crippen LogP contribution in [-0.2, 0) is 0 Å². The van der Waals surface area contributed by atoms with Gasteiger partial charge in [0.1, 0.15) is 11.4 Å². The van der Waals surface area contributed by atoms with Gasteiger partial charge < -0.3 is 5.11 Å². The summed E-state index contributed by atoms with van der Waals surface area (Å²) < 4.78 is 0. The summed E-state index contributed by atoms with van der Waals surface area (Å²) >= 11 is 5.84. The minimum absolute atomic E-state index is 0.0843. The Morgan fingerprint density at radius 1 is 1.05 bits per heavy atom. The molecular weight excluding hydrogens is 262 g/mol. The standard InChI is InChI=1S/C14H10ClN3O/c15-10-6-4-9(5-7-10)12-14(19)13(18-17-12)11-3-1-2-8-16-11/h1-8,19H,(H,17,18). The molecule has 0 aliphatic carbocycles. The third-order valence-electron chi connectivity index (χ3n) is 2.78. The summed E-state index contributed by atoms with van der Waals surface area (Å²) in [7, 11) is 0. The molecule has 3 aromatic rings. The number of hydrogen-bond acceptors (Lipinski definition) is 3. The molecule has 5 heteroatoms. The van der Waals surface area contributed by atoms with Gasteiger partial charge in [0, 0.05) is 16.8 Å². The van der Waals surface area contributed by atoms with Crippen LogP contribution in [0.4, 0.5) is 0 Å². The van der Waals surface area contributed by atoms with Crippen LogP contribution in [0, 0.1) is 0 Å². The SMILES string of the molecule is Oc1c(-c2ccc(Cl)cc2)n[nH]c1-c1ccccn1. The molecule has 2 aromatic heterocycles. The average molecular weight is 272 g/mol. The molecule has 4 nitrogen and oxygen atoms in total. The molecule has 2 heterocycles. The number of benzene rings is 1. The molecule has 19 heavy (non-hydrogen) atoms. The van der Waals surface area contributed by atoms with Crippen LogP contribution in [0.2, 0.25) is 5.02 Å². The monoisotopic (exact) mass is 271 g/mol. The highest BCUT2D eigenvalue weighted by molar-refractivity contribution is 6.30. The van der Waals surface area contributed by atoms with Gasteiger partial charge in [-0.25, -0.2) is 0 Å². The fraction of sp³-hybridized carbons (Fsp3) is 0. The maximum Gasteiger partial charge on any atom is 0.171 e. The molecule has 0 aliphatic heterocycles. The van der Waals surface area contributed by atoms with Crippen molar-refractivity contribution in [1.29, 1.82) is 0 Å². The Morgan fingerprint density at radius 3 is 2.53 bits per heavy atom. The Labute approximate surface area is 114 Å². The van der Waals surface area contributed by atoms with Gasteiger partial charge in [-0.3, -0.25) is 10.1 Å². The third-order valence-corrected chi connectivity index (χ3v) is 3.03. The first kappa shape index (κ1) is 11.7. The van der Waals surface area contributed by atoms with E-state index in [1.807, 2.05) is 12.1 Å². The average Bonchev–Trinajstić information content (AvgIpc) is 2.83. The van der Waals surface area contributed by atoms with Gasteiger partial charge in [0.2, 0.25) is 0 Å². The zero-order chi connectivity index (χ0) is 13.2. The first-order valence-corrected chi connectivity index (χ1v) is 6.08. The van der Waals surface area contributed by atoms with E-state index in [4.69, 9.17) is 11.6 Å². The summed E-state index contributed by atoms with van der Waals surface area (Å²) in [4.78, 5) is 4.18. The summed E-state index contributed by atoms with van der Waals surface area (Å²) in [5.74, 6) is 0.0843. The van der Waals surface area contributed by atoms with Gasteiger partial charge in [0.05, 0.1) is 5.69 Å². The molecule has 0 amide bonds. The maximum atomic E-state index is 10.2. The van der Waals surface area contributed by atoms with Crippen molar-refractivity contribution in [2.45, 2.75) is 0 Å². The zero-order valence-corrected chi connectivity index (χ0v) is 10.6. The lowest BCUT2D eigenvalue weighted by Gasteiger charge is -1.99. The van der Waals surface area contributed by atoms with Crippen molar-refractivity contribution >= 4 is 11.6 Å². The smallest absolute Gasteiger partial charge is 0.171 e. The van der Waals surface area contributed by atoms with Crippen molar-refractivity contribution in [3.63, 3.8) is 0 Å². The fourth-order valence-corrected chi connectivity index (χ4v) is 1.96. The number of aromatic nitrogens is 3. The molecule has 0 atom stereocenters. The topological polar surface area (TPSA) is 61.8 Å². The lowest BCUT2D eigenvalue weighted by Crippen LogP contribution is -1.81. The number of hydrogen-bond donors (Lipinski definition) is 2. The number of H-pyrrole nitrogens is 1. The molecule has 0 bridgehead atoms. The number of rotatable bonds is 2. The van der Waals surface area contributed by atoms with E-state index in [9.17, 15) is 5.11 Å². The minimum atomic E-state index is 0.0843. The van der Waals surface area contributed by atoms with E-state index in [1.165, 1.54) is 0 Å². The molecule has 0 radical (unpaired) electrons. The van der Waals surface area contributed by atoms with Crippen molar-refractivity contribution in [3.05, 3.63) is 53.7 Å². The summed E-state index contributed by atoms with van der Waals surface area (Å²) in [6.45, 7) is 0. The quantitative estimate of drug-likeness (QED) is 0.750. The van der Waals surface area contributed by atoms with Gasteiger partial charge in [0.15, 0.2) is 5.75 Å². The minimum Gasteiger partial charge on any atom is -0.504 e. The highest BCUT2D eigenvalue weighted by Crippen LogP contribution is 2.35. The van der Waals surface area contributed by atoms with E-state index < -0.39 is 0 Å². The van der Waals surface area contributed by atoms with E-state index in [2.05, 4.69) is 15.2 Å². The first-order valence-electron chi connectivity index (χ1n) is 5.70. The van der Waals surface area contributed by atoms with Crippen molar-refractivity contribution in [3.8, 4) is 28.4 Å². The van der Waals surface area contributed by atoms with Crippen LogP contribution in [0.5, 0.6) is 5.75 Å². The van der Waals surface area contributed by atoms with Crippen LogP contribution in [0.15, 0.2) is 48.7 Å². The van der Waals surface area contributed by atoms with Crippen molar-refractivity contribution in [1.82, 2.24) is 15.2 Å². The second-order valence-electron chi connectivity index (χ2n) is 4.02. The number of nitrogens with zero attached hydrogens (tertiary/aromatic N) is 2. The van der Waals surface area contributed by atoms with E-state index in [0.717, 1.165) is 5.56 Å². The van der Waals surface area contributed by atoms with Gasteiger partial charge in [-0.1, -0.05) is 29.8 Å². The first-order chi connectivity index (χ1) is 9.25. The fourth-order valence-electron chi connectivity index (χ4n) is 1.83. The maximum absolute atomic E-state index is 10.2. The van der Waals surface area contributed by atoms with Crippen LogP contribution < -0.4 is 0 Å². The molecule has 0 saturated carbocycles. The third kappa shape index (κ3) is 2.18. The van der Waals surface area contributed by atoms with Crippen LogP contribution in [0.3, 0.4) is 0 Å². The molecule has 0 saturated heterocycles. The van der Waals surface area contributed by atoms with Crippen molar-refractivity contribution in [2.75, 3.05) is 0 Å². The summed E-state index contributed by atoms with van der Waals surface area (Å²) in [6.07, 6.45) is 1.66. The summed E-state index contributed by atoms with van der Waals surface area (Å²) in [6, 6.07) is 12.6. The predicted molar refractivity (Wildman–Crippen MR) is 73.9 cm³/mol. The highest BCUT2D eigenvalue weighted by Gasteiger charge is 2.15. The summed E-state index contributed by atoms with van der Waals surface area (Å²) in [5.41, 5.74) is 2.43. The molecule has 2 N–H and O–H groups in total. The van der Waals surface area contributed by atoms with Gasteiger partial charge in [-0.15, -0.1) is 0 Å². The van der Waals surface area contributed by atoms with Crippen LogP contribution in [-0.4, -0.2) is 20.3 Å². The lowest BCUT2D eigenvalue weighted by atomic mass is 10.1. The molecule has 1 aromatic carbocycles. The Bertz CT molecular complexity index is 692. The number of aromatic hydroxyl groups is 1. The van der Waals surface area contributed by atoms with Gasteiger partial charge in [0.25, 0.3) is 0 Å². The van der Waals surface area contributed by atoms with E-state index in [1.54, 1.807) is 36.5 Å². The largest absolute Gasteiger partial charge is 0.504 e. The Hall–Kier alpha value is -2.33. The molecule has 0 fully saturated rings. The zero-order valence-electron chi connectivity index (χ0n) is 9.84. The Balaban J connectivity index is 2.06. The van der Waals surface area contributed by atoms with E-state index in [0.29, 0.717) is 22.1 Å². The molecule has 94 valence electrons. The van der Waals surface area contributed by atoms with Crippen LogP contribution in [0.25, 0.3) is 22.6 Å². The summed E-state index contributed by atoms with van der Waals surface area (Å²) in [5, 5.41) is 17.8. The number of aromatic amines is 1. The lowest BCUT2D eigenvalue weighted by molar-refractivity contribution is 0.479. The van der Waals surface area contributed by atoms with Crippen LogP contribution in [0.1, 0.15) is 0 Å². The van der Waals surface area contributed by atoms with E-state index >= 15 is 0 Å². The molecule has 0 spiro atoms. The predicted octanol–water partition coefficient (Wildman–Crippen LogP) is 3.50. The second-order valence-corrected chi connectivity index (χ2v) is 4.45. The van der Waals surface area contributed by atoms with Crippen molar-refractivity contribution in [2.24, 2.45) is 0 Å². The molecule has 3 rings (SSSR count). The molecule has 0 aliphatic rings. The second kappa shape index (κ2) is 4.74. The Kier molecular flexibility index (Phi) is 2.93. The normalized spacial score (nSPS) is 10.6. The highest BCUT2D eigenvalue weighted by atomic mass is 35.5. The van der Waals surface area contributed by atoms with E-state index in [-0.39, 0.29) is 5.75 Å². The van der Waals surface area contributed by atoms with Gasteiger partial charge >= 0.3 is 0 Å². The molecular formula is C14H10ClN3O. The van der Waals surface area contributed by atoms with Crippen LogP contribution >= 0.6 is 11.6 Å². The number of pyridine rings is 1. The molecule has 0 unspecified atom stereocenters. The number of nitrogens with one attached hydrogen (secondary N) is 1. The number of halogens is 1. The Morgan fingerprint density at radius 2 is 1.84 bits per heavy atom.